The van der Waals surface area contributed by atoms with Crippen molar-refractivity contribution in [2.45, 2.75) is 6.92 Å². The standard InChI is InChI=1S/C4H7Cl2O2P/c1-2-8-3-4-9(5,6)7/h3-4H,2H2,1H3. The Kier molecular flexibility index (Phi) is 4.37. The average Bonchev–Trinajstić information content (AvgIpc) is 1.63. The molecule has 0 spiro atoms. The summed E-state index contributed by atoms with van der Waals surface area (Å²) in [6.07, 6.45) is 1.24. The molecule has 0 atom stereocenters. The van der Waals surface area contributed by atoms with Crippen LogP contribution in [0.3, 0.4) is 0 Å². The van der Waals surface area contributed by atoms with Gasteiger partial charge in [-0.05, 0) is 29.4 Å². The van der Waals surface area contributed by atoms with Crippen LogP contribution < -0.4 is 0 Å². The summed E-state index contributed by atoms with van der Waals surface area (Å²) in [5, 5.41) is 0. The monoisotopic (exact) mass is 188 g/mol. The fourth-order valence-electron chi connectivity index (χ4n) is 0.210. The lowest BCUT2D eigenvalue weighted by Crippen LogP contribution is -1.74. The van der Waals surface area contributed by atoms with Gasteiger partial charge in [-0.3, -0.25) is 4.57 Å². The first-order valence-corrected chi connectivity index (χ1v) is 5.93. The van der Waals surface area contributed by atoms with Gasteiger partial charge in [-0.25, -0.2) is 0 Å². The smallest absolute Gasteiger partial charge is 0.277 e. The van der Waals surface area contributed by atoms with Gasteiger partial charge in [0.15, 0.2) is 0 Å². The molecule has 5 heteroatoms. The summed E-state index contributed by atoms with van der Waals surface area (Å²) in [7, 11) is 0. The topological polar surface area (TPSA) is 26.3 Å². The first-order chi connectivity index (χ1) is 4.06. The van der Waals surface area contributed by atoms with E-state index >= 15 is 0 Å². The third-order valence-corrected chi connectivity index (χ3v) is 1.64. The van der Waals surface area contributed by atoms with Crippen molar-refractivity contribution in [1.82, 2.24) is 0 Å². The second-order valence-electron chi connectivity index (χ2n) is 1.24. The number of hydrogen-bond donors (Lipinski definition) is 0. The molecule has 2 nitrogen and oxygen atoms in total. The van der Waals surface area contributed by atoms with E-state index in [9.17, 15) is 4.57 Å². The van der Waals surface area contributed by atoms with Gasteiger partial charge in [0.2, 0.25) is 0 Å². The molecule has 0 rings (SSSR count). The zero-order chi connectivity index (χ0) is 7.33. The van der Waals surface area contributed by atoms with Crippen LogP contribution in [-0.4, -0.2) is 6.61 Å². The maximum Gasteiger partial charge on any atom is 0.277 e. The van der Waals surface area contributed by atoms with Crippen LogP contribution in [0.5, 0.6) is 0 Å². The van der Waals surface area contributed by atoms with Gasteiger partial charge in [-0.15, -0.1) is 0 Å². The van der Waals surface area contributed by atoms with Crippen LogP contribution in [0.15, 0.2) is 12.1 Å². The van der Waals surface area contributed by atoms with Crippen molar-refractivity contribution >= 4 is 28.3 Å². The Balaban J connectivity index is 3.58. The van der Waals surface area contributed by atoms with E-state index in [1.165, 1.54) is 6.26 Å². The van der Waals surface area contributed by atoms with Gasteiger partial charge in [0, 0.05) is 5.82 Å². The SMILES string of the molecule is CCOC=CP(=O)(Cl)Cl. The van der Waals surface area contributed by atoms with Crippen molar-refractivity contribution in [3.8, 4) is 0 Å². The Morgan fingerprint density at radius 1 is 1.67 bits per heavy atom. The van der Waals surface area contributed by atoms with Crippen LogP contribution in [0.4, 0.5) is 0 Å². The minimum absolute atomic E-state index is 0.518. The highest BCUT2D eigenvalue weighted by atomic mass is 35.9. The van der Waals surface area contributed by atoms with Gasteiger partial charge in [0.1, 0.15) is 0 Å². The third-order valence-electron chi connectivity index (χ3n) is 0.497. The molecule has 0 heterocycles. The molecular weight excluding hydrogens is 182 g/mol. The second-order valence-corrected chi connectivity index (χ2v) is 6.08. The van der Waals surface area contributed by atoms with E-state index in [1.54, 1.807) is 6.92 Å². The van der Waals surface area contributed by atoms with E-state index in [0.717, 1.165) is 5.82 Å². The summed E-state index contributed by atoms with van der Waals surface area (Å²) in [6, 6.07) is 0. The van der Waals surface area contributed by atoms with Crippen LogP contribution in [0.2, 0.25) is 0 Å². The Morgan fingerprint density at radius 2 is 2.22 bits per heavy atom. The lowest BCUT2D eigenvalue weighted by Gasteiger charge is -1.92. The van der Waals surface area contributed by atoms with Crippen molar-refractivity contribution in [1.29, 1.82) is 0 Å². The lowest BCUT2D eigenvalue weighted by molar-refractivity contribution is 0.270. The highest BCUT2D eigenvalue weighted by molar-refractivity contribution is 8.10. The van der Waals surface area contributed by atoms with Crippen LogP contribution in [0.25, 0.3) is 0 Å². The van der Waals surface area contributed by atoms with Crippen LogP contribution in [-0.2, 0) is 9.30 Å². The fraction of sp³-hybridized carbons (Fsp3) is 0.500. The van der Waals surface area contributed by atoms with E-state index in [1.807, 2.05) is 0 Å². The highest BCUT2D eigenvalue weighted by Gasteiger charge is 2.05. The number of halogens is 2. The number of hydrogen-bond acceptors (Lipinski definition) is 2. The number of rotatable bonds is 3. The summed E-state index contributed by atoms with van der Waals surface area (Å²) < 4.78 is 15.1. The first-order valence-electron chi connectivity index (χ1n) is 2.34. The molecule has 0 aliphatic carbocycles. The predicted molar refractivity (Wildman–Crippen MR) is 40.1 cm³/mol. The van der Waals surface area contributed by atoms with Gasteiger partial charge in [0.05, 0.1) is 12.9 Å². The van der Waals surface area contributed by atoms with E-state index in [0.29, 0.717) is 6.61 Å². The van der Waals surface area contributed by atoms with Gasteiger partial charge < -0.3 is 4.74 Å². The molecule has 0 amide bonds. The van der Waals surface area contributed by atoms with Gasteiger partial charge in [-0.1, -0.05) is 0 Å². The van der Waals surface area contributed by atoms with Gasteiger partial charge in [-0.2, -0.15) is 0 Å². The van der Waals surface area contributed by atoms with Crippen molar-refractivity contribution in [2.75, 3.05) is 6.61 Å². The molecule has 0 radical (unpaired) electrons. The zero-order valence-corrected chi connectivity index (χ0v) is 7.29. The van der Waals surface area contributed by atoms with Crippen molar-refractivity contribution in [3.63, 3.8) is 0 Å². The van der Waals surface area contributed by atoms with E-state index in [-0.39, 0.29) is 0 Å². The summed E-state index contributed by atoms with van der Waals surface area (Å²) in [6.45, 7) is 2.32. The van der Waals surface area contributed by atoms with Crippen LogP contribution in [0.1, 0.15) is 6.92 Å². The molecule has 0 bridgehead atoms. The maximum absolute atomic E-state index is 10.5. The van der Waals surface area contributed by atoms with Crippen LogP contribution >= 0.6 is 28.3 Å². The van der Waals surface area contributed by atoms with Crippen molar-refractivity contribution < 1.29 is 9.30 Å². The van der Waals surface area contributed by atoms with Gasteiger partial charge >= 0.3 is 0 Å². The Bertz CT molecular complexity index is 140. The maximum atomic E-state index is 10.5. The predicted octanol–water partition coefficient (Wildman–Crippen LogP) is 3.16. The fourth-order valence-corrected chi connectivity index (χ4v) is 0.714. The zero-order valence-electron chi connectivity index (χ0n) is 4.88. The Labute approximate surface area is 63.7 Å². The summed E-state index contributed by atoms with van der Waals surface area (Å²) in [5.74, 6) is -1.92. The quantitative estimate of drug-likeness (QED) is 0.503. The van der Waals surface area contributed by atoms with Gasteiger partial charge in [0.25, 0.3) is 5.85 Å². The normalized spacial score (nSPS) is 12.3. The Morgan fingerprint density at radius 3 is 2.56 bits per heavy atom. The molecule has 0 N–H and O–H groups in total. The second kappa shape index (κ2) is 4.21. The minimum atomic E-state index is -3.06. The molecule has 0 aliphatic heterocycles. The molecule has 9 heavy (non-hydrogen) atoms. The molecule has 0 unspecified atom stereocenters. The Hall–Kier alpha value is 0.350. The van der Waals surface area contributed by atoms with E-state index in [2.05, 4.69) is 4.74 Å². The molecule has 0 aromatic heterocycles. The number of ether oxygens (including phenoxy) is 1. The molecule has 0 aromatic carbocycles. The molecule has 0 fully saturated rings. The van der Waals surface area contributed by atoms with Crippen molar-refractivity contribution in [2.24, 2.45) is 0 Å². The highest BCUT2D eigenvalue weighted by Crippen LogP contribution is 2.57. The largest absolute Gasteiger partial charge is 0.501 e. The average molecular weight is 189 g/mol. The lowest BCUT2D eigenvalue weighted by atomic mass is 10.9. The molecular formula is C4H7Cl2O2P. The van der Waals surface area contributed by atoms with E-state index < -0.39 is 5.85 Å². The van der Waals surface area contributed by atoms with Crippen molar-refractivity contribution in [3.05, 3.63) is 12.1 Å². The van der Waals surface area contributed by atoms with Crippen LogP contribution in [0, 0.1) is 0 Å². The molecule has 0 aromatic rings. The first kappa shape index (κ1) is 9.35. The minimum Gasteiger partial charge on any atom is -0.501 e. The molecule has 0 saturated heterocycles. The summed E-state index contributed by atoms with van der Waals surface area (Å²) >= 11 is 10.2. The van der Waals surface area contributed by atoms with E-state index in [4.69, 9.17) is 22.5 Å². The third kappa shape index (κ3) is 8.35. The molecule has 0 aliphatic rings. The molecule has 0 saturated carbocycles. The summed E-state index contributed by atoms with van der Waals surface area (Å²) in [4.78, 5) is 0. The summed E-state index contributed by atoms with van der Waals surface area (Å²) in [5.41, 5.74) is 0. The molecule has 54 valence electrons.